The van der Waals surface area contributed by atoms with Gasteiger partial charge in [-0.25, -0.2) is 0 Å². The Kier molecular flexibility index (Phi) is 6.46. The van der Waals surface area contributed by atoms with Gasteiger partial charge in [0.05, 0.1) is 23.4 Å². The third-order valence-electron chi connectivity index (χ3n) is 3.00. The minimum Gasteiger partial charge on any atom is -0.481 e. The Hall–Kier alpha value is -2.48. The predicted octanol–water partition coefficient (Wildman–Crippen LogP) is 1.50. The van der Waals surface area contributed by atoms with Crippen LogP contribution in [0.25, 0.3) is 0 Å². The molecule has 0 aromatic heterocycles. The smallest absolute Gasteiger partial charge is 0.308 e. The number of carbonyl (C=O) groups excluding carboxylic acids is 1. The van der Waals surface area contributed by atoms with Crippen molar-refractivity contribution in [2.45, 2.75) is 32.5 Å². The number of hydrogen-bond acceptors (Lipinski definition) is 6. The summed E-state index contributed by atoms with van der Waals surface area (Å²) in [5.41, 5.74) is 0.514. The molecule has 8 nitrogen and oxygen atoms in total. The summed E-state index contributed by atoms with van der Waals surface area (Å²) in [6.07, 6.45) is -1.43. The van der Waals surface area contributed by atoms with Gasteiger partial charge >= 0.3 is 11.9 Å². The van der Waals surface area contributed by atoms with Crippen LogP contribution < -0.4 is 0 Å². The van der Waals surface area contributed by atoms with Gasteiger partial charge in [0, 0.05) is 12.1 Å². The number of aliphatic carboxylic acids is 1. The number of carboxylic acid groups (broad SMARTS) is 1. The molecule has 8 heteroatoms. The monoisotopic (exact) mass is 311 g/mol. The fourth-order valence-electron chi connectivity index (χ4n) is 1.72. The second-order valence-electron chi connectivity index (χ2n) is 4.92. The first-order chi connectivity index (χ1) is 10.3. The van der Waals surface area contributed by atoms with Crippen molar-refractivity contribution < 1.29 is 29.5 Å². The number of aliphatic hydroxyl groups is 1. The molecule has 0 saturated heterocycles. The van der Waals surface area contributed by atoms with E-state index in [2.05, 4.69) is 0 Å². The van der Waals surface area contributed by atoms with E-state index in [-0.39, 0.29) is 25.1 Å². The van der Waals surface area contributed by atoms with Crippen molar-refractivity contribution in [1.29, 1.82) is 0 Å². The maximum atomic E-state index is 11.5. The molecule has 120 valence electrons. The van der Waals surface area contributed by atoms with E-state index in [9.17, 15) is 24.8 Å². The summed E-state index contributed by atoms with van der Waals surface area (Å²) in [4.78, 5) is 32.1. The largest absolute Gasteiger partial charge is 0.481 e. The Morgan fingerprint density at radius 2 is 1.91 bits per heavy atom. The van der Waals surface area contributed by atoms with Gasteiger partial charge in [-0.05, 0) is 24.1 Å². The predicted molar refractivity (Wildman–Crippen MR) is 74.9 cm³/mol. The Balaban J connectivity index is 2.39. The molecule has 0 amide bonds. The zero-order valence-electron chi connectivity index (χ0n) is 12.0. The van der Waals surface area contributed by atoms with E-state index in [1.165, 1.54) is 31.2 Å². The summed E-state index contributed by atoms with van der Waals surface area (Å²) in [6.45, 7) is 1.37. The van der Waals surface area contributed by atoms with Gasteiger partial charge in [0.2, 0.25) is 0 Å². The van der Waals surface area contributed by atoms with Gasteiger partial charge < -0.3 is 14.9 Å². The van der Waals surface area contributed by atoms with Crippen LogP contribution in [0.15, 0.2) is 24.3 Å². The summed E-state index contributed by atoms with van der Waals surface area (Å²) in [5.74, 6) is -2.46. The van der Waals surface area contributed by atoms with Gasteiger partial charge in [0.15, 0.2) is 0 Å². The van der Waals surface area contributed by atoms with Gasteiger partial charge in [-0.1, -0.05) is 6.92 Å². The van der Waals surface area contributed by atoms with E-state index in [1.807, 2.05) is 0 Å². The van der Waals surface area contributed by atoms with E-state index >= 15 is 0 Å². The quantitative estimate of drug-likeness (QED) is 0.423. The lowest BCUT2D eigenvalue weighted by Gasteiger charge is -2.12. The van der Waals surface area contributed by atoms with Gasteiger partial charge in [-0.2, -0.15) is 0 Å². The first kappa shape index (κ1) is 17.6. The minimum absolute atomic E-state index is 0.0397. The van der Waals surface area contributed by atoms with Crippen LogP contribution >= 0.6 is 0 Å². The Morgan fingerprint density at radius 3 is 2.41 bits per heavy atom. The molecule has 0 aliphatic carbocycles. The molecule has 2 unspecified atom stereocenters. The molecule has 0 bridgehead atoms. The van der Waals surface area contributed by atoms with Crippen LogP contribution in [0.2, 0.25) is 0 Å². The molecule has 0 radical (unpaired) electrons. The van der Waals surface area contributed by atoms with Crippen LogP contribution in [0.3, 0.4) is 0 Å². The molecule has 0 fully saturated rings. The molecule has 1 aromatic carbocycles. The lowest BCUT2D eigenvalue weighted by molar-refractivity contribution is -0.384. The standard InChI is InChI=1S/C14H17NO7/c1-9(14(18)19)6-12(16)7-13(17)22-8-10-2-4-11(5-3-10)15(20)21/h2-5,9,12,16H,6-8H2,1H3,(H,18,19). The topological polar surface area (TPSA) is 127 Å². The number of nitro groups is 1. The fourth-order valence-corrected chi connectivity index (χ4v) is 1.72. The van der Waals surface area contributed by atoms with Crippen molar-refractivity contribution in [3.8, 4) is 0 Å². The molecule has 22 heavy (non-hydrogen) atoms. The number of carbonyl (C=O) groups is 2. The maximum Gasteiger partial charge on any atom is 0.308 e. The van der Waals surface area contributed by atoms with E-state index in [4.69, 9.17) is 9.84 Å². The molecular formula is C14H17NO7. The van der Waals surface area contributed by atoms with Crippen LogP contribution in [-0.2, 0) is 20.9 Å². The molecule has 2 atom stereocenters. The van der Waals surface area contributed by atoms with Crippen molar-refractivity contribution in [2.75, 3.05) is 0 Å². The van der Waals surface area contributed by atoms with E-state index in [1.54, 1.807) is 0 Å². The number of hydrogen-bond donors (Lipinski definition) is 2. The number of esters is 1. The van der Waals surface area contributed by atoms with Gasteiger partial charge in [0.1, 0.15) is 6.61 Å². The van der Waals surface area contributed by atoms with E-state index < -0.39 is 28.9 Å². The molecule has 0 spiro atoms. The summed E-state index contributed by atoms with van der Waals surface area (Å²) >= 11 is 0. The number of nitrogens with zero attached hydrogens (tertiary/aromatic N) is 1. The van der Waals surface area contributed by atoms with Crippen molar-refractivity contribution in [2.24, 2.45) is 5.92 Å². The Morgan fingerprint density at radius 1 is 1.32 bits per heavy atom. The zero-order chi connectivity index (χ0) is 16.7. The van der Waals surface area contributed by atoms with Gasteiger partial charge in [-0.15, -0.1) is 0 Å². The normalized spacial score (nSPS) is 13.2. The highest BCUT2D eigenvalue weighted by molar-refractivity contribution is 5.71. The number of rotatable bonds is 8. The number of carboxylic acids is 1. The molecule has 1 aromatic rings. The molecule has 2 N–H and O–H groups in total. The molecule has 0 aliphatic rings. The average molecular weight is 311 g/mol. The number of aliphatic hydroxyl groups excluding tert-OH is 1. The average Bonchev–Trinajstić information content (AvgIpc) is 2.45. The summed E-state index contributed by atoms with van der Waals surface area (Å²) in [6, 6.07) is 5.53. The van der Waals surface area contributed by atoms with Crippen LogP contribution in [-0.4, -0.2) is 33.2 Å². The van der Waals surface area contributed by atoms with Crippen LogP contribution in [0, 0.1) is 16.0 Å². The van der Waals surface area contributed by atoms with E-state index in [0.717, 1.165) is 0 Å². The first-order valence-electron chi connectivity index (χ1n) is 6.59. The van der Waals surface area contributed by atoms with E-state index in [0.29, 0.717) is 5.56 Å². The lowest BCUT2D eigenvalue weighted by Crippen LogP contribution is -2.21. The highest BCUT2D eigenvalue weighted by Gasteiger charge is 2.19. The second kappa shape index (κ2) is 8.08. The fraction of sp³-hybridized carbons (Fsp3) is 0.429. The van der Waals surface area contributed by atoms with Crippen molar-refractivity contribution in [1.82, 2.24) is 0 Å². The SMILES string of the molecule is CC(CC(O)CC(=O)OCc1ccc([N+](=O)[O-])cc1)C(=O)O. The number of nitro benzene ring substituents is 1. The second-order valence-corrected chi connectivity index (χ2v) is 4.92. The highest BCUT2D eigenvalue weighted by atomic mass is 16.6. The van der Waals surface area contributed by atoms with Crippen molar-refractivity contribution in [3.63, 3.8) is 0 Å². The minimum atomic E-state index is -1.09. The van der Waals surface area contributed by atoms with Gasteiger partial charge in [0.25, 0.3) is 5.69 Å². The molecular weight excluding hydrogens is 294 g/mol. The zero-order valence-corrected chi connectivity index (χ0v) is 12.0. The molecule has 0 saturated carbocycles. The van der Waals surface area contributed by atoms with Gasteiger partial charge in [-0.3, -0.25) is 19.7 Å². The third kappa shape index (κ3) is 5.88. The Bertz CT molecular complexity index is 541. The Labute approximate surface area is 126 Å². The summed E-state index contributed by atoms with van der Waals surface area (Å²) in [5, 5.41) is 28.8. The molecule has 0 aliphatic heterocycles. The van der Waals surface area contributed by atoms with Crippen LogP contribution in [0.5, 0.6) is 0 Å². The number of benzene rings is 1. The third-order valence-corrected chi connectivity index (χ3v) is 3.00. The van der Waals surface area contributed by atoms with Crippen LogP contribution in [0.4, 0.5) is 5.69 Å². The van der Waals surface area contributed by atoms with Crippen molar-refractivity contribution >= 4 is 17.6 Å². The summed E-state index contributed by atoms with van der Waals surface area (Å²) in [7, 11) is 0. The van der Waals surface area contributed by atoms with Crippen LogP contribution in [0.1, 0.15) is 25.3 Å². The number of ether oxygens (including phenoxy) is 1. The maximum absolute atomic E-state index is 11.5. The lowest BCUT2D eigenvalue weighted by atomic mass is 10.0. The highest BCUT2D eigenvalue weighted by Crippen LogP contribution is 2.14. The molecule has 1 rings (SSSR count). The summed E-state index contributed by atoms with van der Waals surface area (Å²) < 4.78 is 4.92. The van der Waals surface area contributed by atoms with Crippen molar-refractivity contribution in [3.05, 3.63) is 39.9 Å². The first-order valence-corrected chi connectivity index (χ1v) is 6.59. The number of non-ortho nitro benzene ring substituents is 1. The molecule has 0 heterocycles.